The molecule has 32 heavy (non-hydrogen) atoms. The van der Waals surface area contributed by atoms with E-state index in [1.165, 1.54) is 0 Å². The molecule has 1 saturated heterocycles. The van der Waals surface area contributed by atoms with Crippen LogP contribution in [0.4, 0.5) is 21.8 Å². The Morgan fingerprint density at radius 2 is 2.00 bits per heavy atom. The number of benzene rings is 1. The molecule has 9 nitrogen and oxygen atoms in total. The molecule has 10 heteroatoms. The smallest absolute Gasteiger partial charge is 0.326 e. The van der Waals surface area contributed by atoms with E-state index in [-0.39, 0.29) is 17.8 Å². The lowest BCUT2D eigenvalue weighted by Crippen LogP contribution is -2.50. The van der Waals surface area contributed by atoms with Crippen LogP contribution in [0.15, 0.2) is 30.3 Å². The predicted molar refractivity (Wildman–Crippen MR) is 121 cm³/mol. The molecule has 1 aliphatic heterocycles. The molecule has 0 amide bonds. The minimum absolute atomic E-state index is 0.0634. The van der Waals surface area contributed by atoms with Crippen LogP contribution in [0.25, 0.3) is 10.9 Å². The number of fused-ring (bicyclic) bond motifs is 1. The number of piperazine rings is 1. The molecule has 0 radical (unpaired) electrons. The van der Waals surface area contributed by atoms with Gasteiger partial charge in [-0.05, 0) is 39.0 Å². The predicted octanol–water partition coefficient (Wildman–Crippen LogP) is 3.77. The van der Waals surface area contributed by atoms with Gasteiger partial charge in [0.05, 0.1) is 0 Å². The van der Waals surface area contributed by atoms with E-state index in [1.807, 2.05) is 26.0 Å². The summed E-state index contributed by atoms with van der Waals surface area (Å²) in [4.78, 5) is 14.4. The number of hydrogen-bond donors (Lipinski definition) is 4. The summed E-state index contributed by atoms with van der Waals surface area (Å²) in [6.07, 6.45) is 0. The molecule has 1 atom stereocenters. The van der Waals surface area contributed by atoms with E-state index >= 15 is 4.39 Å². The van der Waals surface area contributed by atoms with Crippen LogP contribution in [0.2, 0.25) is 0 Å². The third-order valence-corrected chi connectivity index (χ3v) is 5.49. The fourth-order valence-electron chi connectivity index (χ4n) is 3.93. The van der Waals surface area contributed by atoms with E-state index < -0.39 is 5.82 Å². The number of nitrogens with zero attached hydrogens (tertiary/aromatic N) is 4. The lowest BCUT2D eigenvalue weighted by molar-refractivity contribution is 0.412. The summed E-state index contributed by atoms with van der Waals surface area (Å²) in [6.45, 7) is 8.42. The highest BCUT2D eigenvalue weighted by Crippen LogP contribution is 2.31. The van der Waals surface area contributed by atoms with Gasteiger partial charge in [-0.15, -0.1) is 0 Å². The fourth-order valence-corrected chi connectivity index (χ4v) is 3.93. The summed E-state index contributed by atoms with van der Waals surface area (Å²) in [7, 11) is 0. The van der Waals surface area contributed by atoms with E-state index in [9.17, 15) is 0 Å². The summed E-state index contributed by atoms with van der Waals surface area (Å²) in [6, 6.07) is 9.15. The van der Waals surface area contributed by atoms with Gasteiger partial charge in [-0.25, -0.2) is 4.39 Å². The number of aryl methyl sites for hydroxylation is 2. The maximum absolute atomic E-state index is 15.1. The first-order chi connectivity index (χ1) is 15.5. The largest absolute Gasteiger partial charge is 0.421 e. The zero-order valence-electron chi connectivity index (χ0n) is 18.2. The fraction of sp³-hybridized carbons (Fsp3) is 0.318. The number of aromatic amines is 2. The maximum Gasteiger partial charge on any atom is 0.326 e. The number of aromatic nitrogens is 5. The number of halogens is 1. The normalized spacial score (nSPS) is 16.5. The zero-order valence-corrected chi connectivity index (χ0v) is 18.2. The van der Waals surface area contributed by atoms with Crippen LogP contribution in [-0.4, -0.2) is 50.8 Å². The Kier molecular flexibility index (Phi) is 5.14. The molecule has 1 fully saturated rings. The summed E-state index contributed by atoms with van der Waals surface area (Å²) < 4.78 is 20.9. The van der Waals surface area contributed by atoms with Gasteiger partial charge < -0.3 is 25.3 Å². The highest BCUT2D eigenvalue weighted by atomic mass is 19.1. The van der Waals surface area contributed by atoms with E-state index in [0.29, 0.717) is 28.4 Å². The van der Waals surface area contributed by atoms with Crippen molar-refractivity contribution in [3.05, 3.63) is 47.5 Å². The van der Waals surface area contributed by atoms with Crippen LogP contribution in [0.3, 0.4) is 0 Å². The molecule has 0 saturated carbocycles. The molecule has 0 aliphatic carbocycles. The molecule has 5 rings (SSSR count). The quantitative estimate of drug-likeness (QED) is 0.377. The second-order valence-corrected chi connectivity index (χ2v) is 8.10. The van der Waals surface area contributed by atoms with E-state index in [2.05, 4.69) is 47.6 Å². The molecule has 4 N–H and O–H groups in total. The number of ether oxygens (including phenoxy) is 1. The van der Waals surface area contributed by atoms with Gasteiger partial charge >= 0.3 is 6.01 Å². The molecule has 1 aromatic carbocycles. The number of rotatable bonds is 5. The second-order valence-electron chi connectivity index (χ2n) is 8.10. The van der Waals surface area contributed by atoms with E-state index in [0.717, 1.165) is 31.0 Å². The minimum Gasteiger partial charge on any atom is -0.421 e. The van der Waals surface area contributed by atoms with Crippen LogP contribution < -0.4 is 20.3 Å². The second kappa shape index (κ2) is 8.12. The Hall–Kier alpha value is -3.66. The summed E-state index contributed by atoms with van der Waals surface area (Å²) in [5.41, 5.74) is 2.52. The molecular formula is C22H25FN8O. The third-order valence-electron chi connectivity index (χ3n) is 5.49. The average Bonchev–Trinajstić information content (AvgIpc) is 3.35. The van der Waals surface area contributed by atoms with Crippen molar-refractivity contribution < 1.29 is 9.13 Å². The zero-order chi connectivity index (χ0) is 22.2. The molecule has 4 aromatic rings. The number of H-pyrrole nitrogens is 2. The van der Waals surface area contributed by atoms with Crippen molar-refractivity contribution in [2.75, 3.05) is 29.9 Å². The van der Waals surface area contributed by atoms with Gasteiger partial charge in [0.2, 0.25) is 0 Å². The molecule has 1 aliphatic rings. The maximum atomic E-state index is 15.1. The summed E-state index contributed by atoms with van der Waals surface area (Å²) >= 11 is 0. The van der Waals surface area contributed by atoms with Gasteiger partial charge in [0.1, 0.15) is 11.6 Å². The van der Waals surface area contributed by atoms with Crippen LogP contribution in [-0.2, 0) is 0 Å². The minimum atomic E-state index is -0.450. The molecule has 4 heterocycles. The van der Waals surface area contributed by atoms with Gasteiger partial charge in [0.25, 0.3) is 0 Å². The standard InChI is InChI=1S/C22H25FN8O/c1-12-8-15-16(25-12)4-5-17(21(15)23)32-22-27-18(26-19-9-13(2)29-30-19)10-20(28-22)31-7-6-24-11-14(31)3/h4-5,8-10,14,24-25H,6-7,11H2,1-3H3,(H2,26,27,28,29,30). The van der Waals surface area contributed by atoms with Crippen molar-refractivity contribution in [1.82, 2.24) is 30.5 Å². The van der Waals surface area contributed by atoms with Crippen molar-refractivity contribution in [2.24, 2.45) is 0 Å². The topological polar surface area (TPSA) is 107 Å². The SMILES string of the molecule is Cc1cc(Nc2cc(N3CCNCC3C)nc(Oc3ccc4[nH]c(C)cc4c3F)n2)n[nH]1. The highest BCUT2D eigenvalue weighted by molar-refractivity contribution is 5.82. The Labute approximate surface area is 184 Å². The first kappa shape index (κ1) is 20.3. The number of hydrogen-bond acceptors (Lipinski definition) is 7. The summed E-state index contributed by atoms with van der Waals surface area (Å²) in [5.74, 6) is 1.47. The molecular weight excluding hydrogens is 411 g/mol. The Morgan fingerprint density at radius 1 is 1.12 bits per heavy atom. The average molecular weight is 436 g/mol. The van der Waals surface area contributed by atoms with Crippen molar-refractivity contribution in [3.8, 4) is 11.8 Å². The Bertz CT molecular complexity index is 1270. The van der Waals surface area contributed by atoms with Gasteiger partial charge in [-0.1, -0.05) is 0 Å². The Morgan fingerprint density at radius 3 is 2.78 bits per heavy atom. The number of anilines is 3. The first-order valence-electron chi connectivity index (χ1n) is 10.6. The van der Waals surface area contributed by atoms with Crippen molar-refractivity contribution in [2.45, 2.75) is 26.8 Å². The number of nitrogens with one attached hydrogen (secondary N) is 4. The van der Waals surface area contributed by atoms with Crippen molar-refractivity contribution in [1.29, 1.82) is 0 Å². The van der Waals surface area contributed by atoms with E-state index in [4.69, 9.17) is 4.74 Å². The molecule has 3 aromatic heterocycles. The van der Waals surface area contributed by atoms with Crippen LogP contribution in [0.5, 0.6) is 11.8 Å². The monoisotopic (exact) mass is 436 g/mol. The third kappa shape index (κ3) is 3.96. The van der Waals surface area contributed by atoms with Crippen LogP contribution >= 0.6 is 0 Å². The lowest BCUT2D eigenvalue weighted by Gasteiger charge is -2.35. The molecule has 1 unspecified atom stereocenters. The van der Waals surface area contributed by atoms with Gasteiger partial charge in [0.15, 0.2) is 17.4 Å². The first-order valence-corrected chi connectivity index (χ1v) is 10.6. The molecule has 0 bridgehead atoms. The molecule has 166 valence electrons. The van der Waals surface area contributed by atoms with Crippen molar-refractivity contribution in [3.63, 3.8) is 0 Å². The Balaban J connectivity index is 1.52. The van der Waals surface area contributed by atoms with Gasteiger partial charge in [0, 0.05) is 60.1 Å². The highest BCUT2D eigenvalue weighted by Gasteiger charge is 2.22. The van der Waals surface area contributed by atoms with Gasteiger partial charge in [-0.3, -0.25) is 5.10 Å². The lowest BCUT2D eigenvalue weighted by atomic mass is 10.2. The van der Waals surface area contributed by atoms with Crippen LogP contribution in [0, 0.1) is 19.7 Å². The van der Waals surface area contributed by atoms with Gasteiger partial charge in [-0.2, -0.15) is 15.1 Å². The van der Waals surface area contributed by atoms with Crippen molar-refractivity contribution >= 4 is 28.4 Å². The van der Waals surface area contributed by atoms with E-state index in [1.54, 1.807) is 18.2 Å². The summed E-state index contributed by atoms with van der Waals surface area (Å²) in [5, 5.41) is 14.1. The molecule has 0 spiro atoms. The van der Waals surface area contributed by atoms with Crippen LogP contribution in [0.1, 0.15) is 18.3 Å².